The minimum absolute atomic E-state index is 0.114. The highest BCUT2D eigenvalue weighted by molar-refractivity contribution is 6.22. The first-order chi connectivity index (χ1) is 15.2. The summed E-state index contributed by atoms with van der Waals surface area (Å²) < 4.78 is 0. The Bertz CT molecular complexity index is 1140. The number of carbonyl (C=O) groups is 2. The number of nitrogens with zero attached hydrogens (tertiary/aromatic N) is 2. The smallest absolute Gasteiger partial charge is 0.279 e. The van der Waals surface area contributed by atoms with E-state index in [0.29, 0.717) is 23.5 Å². The second kappa shape index (κ2) is 7.58. The fourth-order valence-electron chi connectivity index (χ4n) is 4.70. The lowest BCUT2D eigenvalue weighted by Crippen LogP contribution is -2.63. The first kappa shape index (κ1) is 19.4. The van der Waals surface area contributed by atoms with Gasteiger partial charge in [-0.05, 0) is 36.8 Å². The van der Waals surface area contributed by atoms with E-state index in [1.807, 2.05) is 77.7 Å². The molecule has 1 N–H and O–H groups in total. The minimum Gasteiger partial charge on any atom is -0.350 e. The Balaban J connectivity index is 1.73. The normalized spacial score (nSPS) is 19.4. The summed E-state index contributed by atoms with van der Waals surface area (Å²) in [6, 6.07) is 24.7. The molecule has 1 spiro atoms. The van der Waals surface area contributed by atoms with Gasteiger partial charge in [0.1, 0.15) is 0 Å². The molecule has 1 atom stereocenters. The van der Waals surface area contributed by atoms with E-state index in [1.54, 1.807) is 11.0 Å². The molecule has 2 heterocycles. The van der Waals surface area contributed by atoms with Crippen LogP contribution in [0.2, 0.25) is 0 Å². The van der Waals surface area contributed by atoms with Gasteiger partial charge in [-0.25, -0.2) is 0 Å². The Morgan fingerprint density at radius 2 is 1.55 bits per heavy atom. The number of benzene rings is 3. The summed E-state index contributed by atoms with van der Waals surface area (Å²) in [6.45, 7) is 2.78. The lowest BCUT2D eigenvalue weighted by atomic mass is 9.92. The van der Waals surface area contributed by atoms with Gasteiger partial charge in [0.2, 0.25) is 5.66 Å². The van der Waals surface area contributed by atoms with Crippen molar-refractivity contribution in [2.24, 2.45) is 0 Å². The van der Waals surface area contributed by atoms with Crippen LogP contribution in [-0.2, 0) is 10.5 Å². The van der Waals surface area contributed by atoms with E-state index in [2.05, 4.69) is 12.2 Å². The summed E-state index contributed by atoms with van der Waals surface area (Å²) in [6.07, 6.45) is 3.05. The molecule has 3 aromatic carbocycles. The summed E-state index contributed by atoms with van der Waals surface area (Å²) >= 11 is 0. The van der Waals surface area contributed by atoms with Gasteiger partial charge >= 0.3 is 0 Å². The fraction of sp³-hybridized carbons (Fsp3) is 0.231. The molecule has 156 valence electrons. The molecule has 5 heteroatoms. The van der Waals surface area contributed by atoms with E-state index in [4.69, 9.17) is 0 Å². The van der Waals surface area contributed by atoms with Crippen LogP contribution in [0.5, 0.6) is 0 Å². The maximum atomic E-state index is 14.1. The van der Waals surface area contributed by atoms with E-state index in [1.165, 1.54) is 0 Å². The first-order valence-electron chi connectivity index (χ1n) is 10.9. The molecule has 0 saturated heterocycles. The van der Waals surface area contributed by atoms with Gasteiger partial charge in [0.15, 0.2) is 0 Å². The molecule has 0 bridgehead atoms. The number of carbonyl (C=O) groups excluding carboxylic acids is 2. The summed E-state index contributed by atoms with van der Waals surface area (Å²) in [5, 5.41) is 3.49. The van der Waals surface area contributed by atoms with Crippen LogP contribution in [-0.4, -0.2) is 18.4 Å². The Morgan fingerprint density at radius 3 is 2.35 bits per heavy atom. The molecule has 0 aromatic heterocycles. The standard InChI is InChI=1S/C26H25N3O2/c1-2-3-11-18-28-23-17-10-8-15-21(23)26(25(28)31)27-22-16-9-7-14-20(22)24(30)29(26)19-12-5-4-6-13-19/h4-10,12-17,27H,2-3,11,18H2,1H3/t26-/m1/s1. The van der Waals surface area contributed by atoms with Gasteiger partial charge in [-0.2, -0.15) is 0 Å². The van der Waals surface area contributed by atoms with Crippen molar-refractivity contribution in [1.82, 2.24) is 0 Å². The summed E-state index contributed by atoms with van der Waals surface area (Å²) in [5.74, 6) is -0.296. The van der Waals surface area contributed by atoms with Gasteiger partial charge in [-0.3, -0.25) is 14.5 Å². The molecule has 0 unspecified atom stereocenters. The van der Waals surface area contributed by atoms with Crippen LogP contribution in [0.3, 0.4) is 0 Å². The quantitative estimate of drug-likeness (QED) is 0.591. The number of rotatable bonds is 5. The third-order valence-electron chi connectivity index (χ3n) is 6.15. The zero-order valence-electron chi connectivity index (χ0n) is 17.5. The number of fused-ring (bicyclic) bond motifs is 3. The van der Waals surface area contributed by atoms with E-state index < -0.39 is 5.66 Å². The van der Waals surface area contributed by atoms with Crippen molar-refractivity contribution in [3.63, 3.8) is 0 Å². The number of nitrogens with one attached hydrogen (secondary N) is 1. The molecule has 5 nitrogen and oxygen atoms in total. The maximum Gasteiger partial charge on any atom is 0.279 e. The Hall–Kier alpha value is -3.60. The van der Waals surface area contributed by atoms with Gasteiger partial charge in [-0.15, -0.1) is 0 Å². The predicted octanol–water partition coefficient (Wildman–Crippen LogP) is 5.15. The zero-order chi connectivity index (χ0) is 21.4. The van der Waals surface area contributed by atoms with Crippen molar-refractivity contribution in [1.29, 1.82) is 0 Å². The van der Waals surface area contributed by atoms with E-state index >= 15 is 0 Å². The number of hydrogen-bond donors (Lipinski definition) is 1. The third kappa shape index (κ3) is 2.84. The van der Waals surface area contributed by atoms with E-state index in [-0.39, 0.29) is 11.8 Å². The van der Waals surface area contributed by atoms with Crippen LogP contribution >= 0.6 is 0 Å². The monoisotopic (exact) mass is 411 g/mol. The van der Waals surface area contributed by atoms with Gasteiger partial charge < -0.3 is 10.2 Å². The minimum atomic E-state index is -1.31. The SMILES string of the molecule is CCCCCN1C(=O)[C@@]2(Nc3ccccc3C(=O)N2c2ccccc2)c2ccccc21. The van der Waals surface area contributed by atoms with Gasteiger partial charge in [-0.1, -0.05) is 68.3 Å². The molecule has 0 aliphatic carbocycles. The highest BCUT2D eigenvalue weighted by Crippen LogP contribution is 2.49. The van der Waals surface area contributed by atoms with Gasteiger partial charge in [0.25, 0.3) is 11.8 Å². The van der Waals surface area contributed by atoms with Crippen LogP contribution in [0.1, 0.15) is 42.1 Å². The first-order valence-corrected chi connectivity index (χ1v) is 10.9. The molecular formula is C26H25N3O2. The molecule has 0 fully saturated rings. The molecular weight excluding hydrogens is 386 g/mol. The van der Waals surface area contributed by atoms with E-state index in [9.17, 15) is 9.59 Å². The van der Waals surface area contributed by atoms with Crippen molar-refractivity contribution >= 4 is 28.9 Å². The molecule has 31 heavy (non-hydrogen) atoms. The Kier molecular flexibility index (Phi) is 4.74. The van der Waals surface area contributed by atoms with Crippen molar-refractivity contribution in [3.05, 3.63) is 90.0 Å². The van der Waals surface area contributed by atoms with Crippen LogP contribution < -0.4 is 15.1 Å². The maximum absolute atomic E-state index is 14.1. The largest absolute Gasteiger partial charge is 0.350 e. The summed E-state index contributed by atoms with van der Waals surface area (Å²) in [5.41, 5.74) is 2.29. The number of unbranched alkanes of at least 4 members (excludes halogenated alkanes) is 2. The molecule has 0 radical (unpaired) electrons. The second-order valence-corrected chi connectivity index (χ2v) is 8.04. The molecule has 2 aliphatic rings. The average molecular weight is 412 g/mol. The van der Waals surface area contributed by atoms with Gasteiger partial charge in [0.05, 0.1) is 11.3 Å². The topological polar surface area (TPSA) is 52.7 Å². The van der Waals surface area contributed by atoms with Crippen LogP contribution in [0.15, 0.2) is 78.9 Å². The van der Waals surface area contributed by atoms with Crippen molar-refractivity contribution in [2.75, 3.05) is 21.7 Å². The molecule has 2 amide bonds. The van der Waals surface area contributed by atoms with Crippen molar-refractivity contribution in [3.8, 4) is 0 Å². The lowest BCUT2D eigenvalue weighted by molar-refractivity contribution is -0.122. The predicted molar refractivity (Wildman–Crippen MR) is 123 cm³/mol. The zero-order valence-corrected chi connectivity index (χ0v) is 17.5. The number of para-hydroxylation sites is 3. The van der Waals surface area contributed by atoms with Crippen LogP contribution in [0.4, 0.5) is 17.1 Å². The Morgan fingerprint density at radius 1 is 0.839 bits per heavy atom. The van der Waals surface area contributed by atoms with E-state index in [0.717, 1.165) is 30.5 Å². The fourth-order valence-corrected chi connectivity index (χ4v) is 4.70. The number of amides is 2. The lowest BCUT2D eigenvalue weighted by Gasteiger charge is -2.45. The number of hydrogen-bond acceptors (Lipinski definition) is 3. The second-order valence-electron chi connectivity index (χ2n) is 8.04. The molecule has 3 aromatic rings. The number of anilines is 3. The molecule has 2 aliphatic heterocycles. The Labute approximate surface area is 182 Å². The molecule has 0 saturated carbocycles. The molecule has 5 rings (SSSR count). The average Bonchev–Trinajstić information content (AvgIpc) is 3.03. The van der Waals surface area contributed by atoms with Crippen molar-refractivity contribution < 1.29 is 9.59 Å². The summed E-state index contributed by atoms with van der Waals surface area (Å²) in [4.78, 5) is 31.4. The van der Waals surface area contributed by atoms with Crippen LogP contribution in [0.25, 0.3) is 0 Å². The van der Waals surface area contributed by atoms with Crippen LogP contribution in [0, 0.1) is 0 Å². The third-order valence-corrected chi connectivity index (χ3v) is 6.15. The summed E-state index contributed by atoms with van der Waals surface area (Å²) in [7, 11) is 0. The highest BCUT2D eigenvalue weighted by Gasteiger charge is 2.59. The highest BCUT2D eigenvalue weighted by atomic mass is 16.2. The van der Waals surface area contributed by atoms with Gasteiger partial charge in [0, 0.05) is 23.5 Å². The van der Waals surface area contributed by atoms with Crippen molar-refractivity contribution in [2.45, 2.75) is 31.8 Å².